The van der Waals surface area contributed by atoms with Crippen LogP contribution in [0.2, 0.25) is 0 Å². The Balaban J connectivity index is 2.61. The second-order valence-electron chi connectivity index (χ2n) is 3.19. The molecular weight excluding hydrogens is 208 g/mol. The molecule has 4 heteroatoms. The lowest BCUT2D eigenvalue weighted by Gasteiger charge is -2.13. The monoisotopic (exact) mass is 224 g/mol. The summed E-state index contributed by atoms with van der Waals surface area (Å²) in [7, 11) is 1.58. The van der Waals surface area contributed by atoms with Gasteiger partial charge in [0, 0.05) is 6.07 Å². The zero-order valence-corrected chi connectivity index (χ0v) is 9.73. The van der Waals surface area contributed by atoms with Crippen molar-refractivity contribution in [2.24, 2.45) is 0 Å². The molecule has 1 aromatic carbocycles. The molecule has 0 N–H and O–H groups in total. The Morgan fingerprint density at radius 1 is 1.38 bits per heavy atom. The predicted octanol–water partition coefficient (Wildman–Crippen LogP) is 2.03. The van der Waals surface area contributed by atoms with E-state index >= 15 is 0 Å². The molecular formula is C12H16O4. The fourth-order valence-electron chi connectivity index (χ4n) is 1.19. The summed E-state index contributed by atoms with van der Waals surface area (Å²) in [6, 6.07) is 7.09. The van der Waals surface area contributed by atoms with Crippen LogP contribution in [0.25, 0.3) is 0 Å². The molecule has 1 rings (SSSR count). The Morgan fingerprint density at radius 2 is 2.06 bits per heavy atom. The number of hydrogen-bond donors (Lipinski definition) is 0. The highest BCUT2D eigenvalue weighted by atomic mass is 16.6. The fraction of sp³-hybridized carbons (Fsp3) is 0.417. The van der Waals surface area contributed by atoms with Gasteiger partial charge in [-0.25, -0.2) is 4.79 Å². The summed E-state index contributed by atoms with van der Waals surface area (Å²) >= 11 is 0. The van der Waals surface area contributed by atoms with Gasteiger partial charge in [-0.15, -0.1) is 0 Å². The van der Waals surface area contributed by atoms with Crippen LogP contribution in [0.15, 0.2) is 24.3 Å². The zero-order valence-electron chi connectivity index (χ0n) is 9.73. The van der Waals surface area contributed by atoms with Crippen molar-refractivity contribution in [1.29, 1.82) is 0 Å². The molecule has 0 heterocycles. The van der Waals surface area contributed by atoms with E-state index in [2.05, 4.69) is 0 Å². The van der Waals surface area contributed by atoms with E-state index in [1.807, 2.05) is 6.07 Å². The molecule has 1 unspecified atom stereocenters. The molecule has 0 spiro atoms. The minimum atomic E-state index is -0.618. The summed E-state index contributed by atoms with van der Waals surface area (Å²) in [5, 5.41) is 0. The normalized spacial score (nSPS) is 11.7. The van der Waals surface area contributed by atoms with Gasteiger partial charge in [-0.3, -0.25) is 0 Å². The summed E-state index contributed by atoms with van der Waals surface area (Å²) in [5.74, 6) is 0.902. The molecule has 0 fully saturated rings. The second kappa shape index (κ2) is 6.00. The van der Waals surface area contributed by atoms with Gasteiger partial charge in [-0.2, -0.15) is 0 Å². The van der Waals surface area contributed by atoms with E-state index in [1.165, 1.54) is 0 Å². The molecule has 4 nitrogen and oxygen atoms in total. The van der Waals surface area contributed by atoms with Crippen molar-refractivity contribution < 1.29 is 19.0 Å². The van der Waals surface area contributed by atoms with Gasteiger partial charge in [0.15, 0.2) is 6.10 Å². The van der Waals surface area contributed by atoms with E-state index in [9.17, 15) is 4.79 Å². The van der Waals surface area contributed by atoms with E-state index in [-0.39, 0.29) is 5.97 Å². The molecule has 16 heavy (non-hydrogen) atoms. The van der Waals surface area contributed by atoms with Crippen LogP contribution >= 0.6 is 0 Å². The van der Waals surface area contributed by atoms with E-state index in [0.717, 1.165) is 0 Å². The van der Waals surface area contributed by atoms with Crippen molar-refractivity contribution in [3.8, 4) is 11.5 Å². The molecule has 0 saturated heterocycles. The van der Waals surface area contributed by atoms with Crippen LogP contribution in [0.5, 0.6) is 11.5 Å². The molecule has 0 aromatic heterocycles. The van der Waals surface area contributed by atoms with Gasteiger partial charge in [-0.1, -0.05) is 6.07 Å². The van der Waals surface area contributed by atoms with Crippen LogP contribution in [0, 0.1) is 0 Å². The summed E-state index contributed by atoms with van der Waals surface area (Å²) in [6.07, 6.45) is -0.618. The Bertz CT molecular complexity index is 349. The topological polar surface area (TPSA) is 44.8 Å². The van der Waals surface area contributed by atoms with Gasteiger partial charge >= 0.3 is 5.97 Å². The molecule has 0 saturated carbocycles. The SMILES string of the molecule is CCOC(=O)C(C)Oc1cccc(OC)c1. The Kier molecular flexibility index (Phi) is 4.64. The molecule has 88 valence electrons. The minimum Gasteiger partial charge on any atom is -0.497 e. The maximum absolute atomic E-state index is 11.3. The summed E-state index contributed by atoms with van der Waals surface area (Å²) in [5.41, 5.74) is 0. The number of carbonyl (C=O) groups is 1. The van der Waals surface area contributed by atoms with E-state index in [0.29, 0.717) is 18.1 Å². The molecule has 0 bridgehead atoms. The first-order valence-electron chi connectivity index (χ1n) is 5.14. The van der Waals surface area contributed by atoms with Gasteiger partial charge in [0.2, 0.25) is 0 Å². The number of ether oxygens (including phenoxy) is 3. The van der Waals surface area contributed by atoms with Crippen molar-refractivity contribution in [1.82, 2.24) is 0 Å². The number of methoxy groups -OCH3 is 1. The predicted molar refractivity (Wildman–Crippen MR) is 59.7 cm³/mol. The van der Waals surface area contributed by atoms with Gasteiger partial charge in [0.05, 0.1) is 13.7 Å². The quantitative estimate of drug-likeness (QED) is 0.718. The Morgan fingerprint density at radius 3 is 2.69 bits per heavy atom. The average molecular weight is 224 g/mol. The highest BCUT2D eigenvalue weighted by molar-refractivity contribution is 5.74. The maximum atomic E-state index is 11.3. The van der Waals surface area contributed by atoms with Crippen molar-refractivity contribution >= 4 is 5.97 Å². The summed E-state index contributed by atoms with van der Waals surface area (Å²) in [4.78, 5) is 11.3. The van der Waals surface area contributed by atoms with Crippen LogP contribution in [0.3, 0.4) is 0 Å². The second-order valence-corrected chi connectivity index (χ2v) is 3.19. The molecule has 0 aliphatic rings. The van der Waals surface area contributed by atoms with Crippen LogP contribution in [0.4, 0.5) is 0 Å². The van der Waals surface area contributed by atoms with Crippen molar-refractivity contribution in [2.45, 2.75) is 20.0 Å². The highest BCUT2D eigenvalue weighted by Gasteiger charge is 2.15. The third kappa shape index (κ3) is 3.46. The lowest BCUT2D eigenvalue weighted by Crippen LogP contribution is -2.26. The lowest BCUT2D eigenvalue weighted by atomic mass is 10.3. The number of benzene rings is 1. The average Bonchev–Trinajstić information content (AvgIpc) is 2.29. The number of esters is 1. The fourth-order valence-corrected chi connectivity index (χ4v) is 1.19. The minimum absolute atomic E-state index is 0.352. The van der Waals surface area contributed by atoms with Gasteiger partial charge in [0.1, 0.15) is 11.5 Å². The first-order valence-corrected chi connectivity index (χ1v) is 5.14. The van der Waals surface area contributed by atoms with Crippen LogP contribution in [-0.4, -0.2) is 25.8 Å². The van der Waals surface area contributed by atoms with Crippen LogP contribution in [0.1, 0.15) is 13.8 Å². The van der Waals surface area contributed by atoms with Gasteiger partial charge in [-0.05, 0) is 26.0 Å². The lowest BCUT2D eigenvalue weighted by molar-refractivity contribution is -0.150. The van der Waals surface area contributed by atoms with Crippen molar-refractivity contribution in [3.63, 3.8) is 0 Å². The zero-order chi connectivity index (χ0) is 12.0. The molecule has 0 aliphatic carbocycles. The third-order valence-corrected chi connectivity index (χ3v) is 1.97. The molecule has 0 amide bonds. The third-order valence-electron chi connectivity index (χ3n) is 1.97. The Labute approximate surface area is 95.1 Å². The standard InChI is InChI=1S/C12H16O4/c1-4-15-12(13)9(2)16-11-7-5-6-10(8-11)14-3/h5-9H,4H2,1-3H3. The molecule has 0 aliphatic heterocycles. The smallest absolute Gasteiger partial charge is 0.347 e. The molecule has 1 aromatic rings. The molecule has 1 atom stereocenters. The first-order chi connectivity index (χ1) is 7.67. The number of hydrogen-bond acceptors (Lipinski definition) is 4. The van der Waals surface area contributed by atoms with E-state index in [1.54, 1.807) is 39.2 Å². The summed E-state index contributed by atoms with van der Waals surface area (Å²) in [6.45, 7) is 3.76. The molecule has 0 radical (unpaired) electrons. The van der Waals surface area contributed by atoms with E-state index < -0.39 is 6.10 Å². The van der Waals surface area contributed by atoms with Crippen LogP contribution in [-0.2, 0) is 9.53 Å². The largest absolute Gasteiger partial charge is 0.497 e. The van der Waals surface area contributed by atoms with Crippen molar-refractivity contribution in [2.75, 3.05) is 13.7 Å². The first kappa shape index (κ1) is 12.4. The highest BCUT2D eigenvalue weighted by Crippen LogP contribution is 2.20. The van der Waals surface area contributed by atoms with Crippen molar-refractivity contribution in [3.05, 3.63) is 24.3 Å². The summed E-state index contributed by atoms with van der Waals surface area (Å²) < 4.78 is 15.3. The number of carbonyl (C=O) groups excluding carboxylic acids is 1. The van der Waals surface area contributed by atoms with E-state index in [4.69, 9.17) is 14.2 Å². The van der Waals surface area contributed by atoms with Crippen LogP contribution < -0.4 is 9.47 Å². The Hall–Kier alpha value is -1.71. The number of rotatable bonds is 5. The maximum Gasteiger partial charge on any atom is 0.347 e. The van der Waals surface area contributed by atoms with Gasteiger partial charge in [0.25, 0.3) is 0 Å². The van der Waals surface area contributed by atoms with Gasteiger partial charge < -0.3 is 14.2 Å².